The standard InChI is InChI=1S/C8H19NS2/c1-3-10-5-4-6-11-7-8(2)9/h8H,3-7,9H2,1-2H3. The maximum atomic E-state index is 5.61. The van der Waals surface area contributed by atoms with Crippen LogP contribution >= 0.6 is 23.5 Å². The minimum absolute atomic E-state index is 0.360. The van der Waals surface area contributed by atoms with Crippen molar-refractivity contribution in [2.75, 3.05) is 23.0 Å². The molecule has 0 saturated heterocycles. The van der Waals surface area contributed by atoms with E-state index in [-0.39, 0.29) is 0 Å². The topological polar surface area (TPSA) is 26.0 Å². The van der Waals surface area contributed by atoms with Crippen molar-refractivity contribution in [3.63, 3.8) is 0 Å². The van der Waals surface area contributed by atoms with Gasteiger partial charge in [0.1, 0.15) is 0 Å². The average molecular weight is 193 g/mol. The van der Waals surface area contributed by atoms with Gasteiger partial charge in [0.25, 0.3) is 0 Å². The zero-order valence-corrected chi connectivity index (χ0v) is 9.14. The lowest BCUT2D eigenvalue weighted by Gasteiger charge is -2.03. The third-order valence-electron chi connectivity index (χ3n) is 1.16. The molecule has 0 heterocycles. The minimum atomic E-state index is 0.360. The fraction of sp³-hybridized carbons (Fsp3) is 1.00. The van der Waals surface area contributed by atoms with E-state index in [2.05, 4.69) is 13.8 Å². The van der Waals surface area contributed by atoms with Crippen molar-refractivity contribution < 1.29 is 0 Å². The number of nitrogens with two attached hydrogens (primary N) is 1. The number of hydrogen-bond acceptors (Lipinski definition) is 3. The highest BCUT2D eigenvalue weighted by Gasteiger charge is 1.93. The van der Waals surface area contributed by atoms with Crippen LogP contribution in [0.1, 0.15) is 20.3 Å². The number of rotatable bonds is 7. The SMILES string of the molecule is CCSCCCSCC(C)N. The Kier molecular flexibility index (Phi) is 9.28. The molecule has 0 amide bonds. The van der Waals surface area contributed by atoms with E-state index in [4.69, 9.17) is 5.73 Å². The molecule has 0 aromatic heterocycles. The zero-order chi connectivity index (χ0) is 8.53. The van der Waals surface area contributed by atoms with Crippen LogP contribution in [0.4, 0.5) is 0 Å². The molecule has 0 aliphatic rings. The molecule has 0 fully saturated rings. The summed E-state index contributed by atoms with van der Waals surface area (Å²) >= 11 is 4.00. The Hall–Kier alpha value is 0.660. The summed E-state index contributed by atoms with van der Waals surface area (Å²) in [5.74, 6) is 4.94. The molecule has 11 heavy (non-hydrogen) atoms. The molecular weight excluding hydrogens is 174 g/mol. The Labute approximate surface area is 78.9 Å². The Bertz CT molecular complexity index is 76.5. The quantitative estimate of drug-likeness (QED) is 0.628. The van der Waals surface area contributed by atoms with Crippen LogP contribution < -0.4 is 5.73 Å². The van der Waals surface area contributed by atoms with Gasteiger partial charge in [0.15, 0.2) is 0 Å². The van der Waals surface area contributed by atoms with Gasteiger partial charge in [0, 0.05) is 11.8 Å². The molecule has 0 radical (unpaired) electrons. The van der Waals surface area contributed by atoms with E-state index in [1.165, 1.54) is 23.7 Å². The summed E-state index contributed by atoms with van der Waals surface area (Å²) in [6.45, 7) is 4.27. The van der Waals surface area contributed by atoms with Crippen molar-refractivity contribution in [2.45, 2.75) is 26.3 Å². The monoisotopic (exact) mass is 193 g/mol. The number of thioether (sulfide) groups is 2. The first-order chi connectivity index (χ1) is 5.27. The van der Waals surface area contributed by atoms with Crippen molar-refractivity contribution in [3.8, 4) is 0 Å². The van der Waals surface area contributed by atoms with Crippen LogP contribution in [0, 0.1) is 0 Å². The first-order valence-electron chi connectivity index (χ1n) is 4.18. The van der Waals surface area contributed by atoms with Crippen LogP contribution in [0.3, 0.4) is 0 Å². The molecule has 0 spiro atoms. The molecule has 0 aliphatic carbocycles. The Balaban J connectivity index is 2.80. The summed E-state index contributed by atoms with van der Waals surface area (Å²) in [5, 5.41) is 0. The summed E-state index contributed by atoms with van der Waals surface area (Å²) in [7, 11) is 0. The van der Waals surface area contributed by atoms with Gasteiger partial charge in [-0.2, -0.15) is 23.5 Å². The van der Waals surface area contributed by atoms with Crippen LogP contribution in [-0.4, -0.2) is 29.1 Å². The van der Waals surface area contributed by atoms with Crippen LogP contribution in [0.25, 0.3) is 0 Å². The maximum Gasteiger partial charge on any atom is 0.0101 e. The fourth-order valence-corrected chi connectivity index (χ4v) is 2.38. The second kappa shape index (κ2) is 8.75. The third kappa shape index (κ3) is 10.7. The molecule has 2 N–H and O–H groups in total. The molecule has 0 bridgehead atoms. The summed E-state index contributed by atoms with van der Waals surface area (Å²) in [6, 6.07) is 0.360. The van der Waals surface area contributed by atoms with Crippen LogP contribution in [0.15, 0.2) is 0 Å². The Morgan fingerprint density at radius 1 is 1.27 bits per heavy atom. The van der Waals surface area contributed by atoms with E-state index in [0.717, 1.165) is 5.75 Å². The van der Waals surface area contributed by atoms with Gasteiger partial charge in [-0.3, -0.25) is 0 Å². The van der Waals surface area contributed by atoms with E-state index in [0.29, 0.717) is 6.04 Å². The van der Waals surface area contributed by atoms with Crippen LogP contribution in [-0.2, 0) is 0 Å². The van der Waals surface area contributed by atoms with Gasteiger partial charge in [-0.1, -0.05) is 6.92 Å². The number of hydrogen-bond donors (Lipinski definition) is 1. The highest BCUT2D eigenvalue weighted by molar-refractivity contribution is 8.00. The van der Waals surface area contributed by atoms with E-state index in [1.54, 1.807) is 0 Å². The summed E-state index contributed by atoms with van der Waals surface area (Å²) in [4.78, 5) is 0. The predicted molar refractivity (Wildman–Crippen MR) is 58.6 cm³/mol. The molecule has 0 aliphatic heterocycles. The molecule has 0 aromatic rings. The van der Waals surface area contributed by atoms with Gasteiger partial charge in [0.2, 0.25) is 0 Å². The maximum absolute atomic E-state index is 5.61. The zero-order valence-electron chi connectivity index (χ0n) is 7.51. The molecule has 1 nitrogen and oxygen atoms in total. The second-order valence-corrected chi connectivity index (χ2v) is 5.15. The van der Waals surface area contributed by atoms with Gasteiger partial charge in [-0.15, -0.1) is 0 Å². The summed E-state index contributed by atoms with van der Waals surface area (Å²) < 4.78 is 0. The lowest BCUT2D eigenvalue weighted by Crippen LogP contribution is -2.17. The predicted octanol–water partition coefficient (Wildman–Crippen LogP) is 2.21. The van der Waals surface area contributed by atoms with Crippen LogP contribution in [0.2, 0.25) is 0 Å². The van der Waals surface area contributed by atoms with Gasteiger partial charge >= 0.3 is 0 Å². The highest BCUT2D eigenvalue weighted by Crippen LogP contribution is 2.07. The molecule has 68 valence electrons. The minimum Gasteiger partial charge on any atom is -0.327 e. The van der Waals surface area contributed by atoms with Crippen LogP contribution in [0.5, 0.6) is 0 Å². The van der Waals surface area contributed by atoms with Crippen molar-refractivity contribution in [1.29, 1.82) is 0 Å². The lowest BCUT2D eigenvalue weighted by atomic mass is 10.4. The average Bonchev–Trinajstić information content (AvgIpc) is 1.96. The Morgan fingerprint density at radius 3 is 2.45 bits per heavy atom. The molecular formula is C8H19NS2. The first kappa shape index (κ1) is 11.7. The Morgan fingerprint density at radius 2 is 1.91 bits per heavy atom. The van der Waals surface area contributed by atoms with E-state index in [1.807, 2.05) is 23.5 Å². The van der Waals surface area contributed by atoms with Crippen molar-refractivity contribution in [1.82, 2.24) is 0 Å². The van der Waals surface area contributed by atoms with E-state index < -0.39 is 0 Å². The second-order valence-electron chi connectivity index (χ2n) is 2.60. The van der Waals surface area contributed by atoms with Gasteiger partial charge in [-0.05, 0) is 30.6 Å². The van der Waals surface area contributed by atoms with E-state index >= 15 is 0 Å². The summed E-state index contributed by atoms with van der Waals surface area (Å²) in [5.41, 5.74) is 5.61. The third-order valence-corrected chi connectivity index (χ3v) is 3.49. The normalized spacial score (nSPS) is 13.4. The molecule has 0 saturated carbocycles. The first-order valence-corrected chi connectivity index (χ1v) is 6.49. The van der Waals surface area contributed by atoms with Crippen molar-refractivity contribution in [3.05, 3.63) is 0 Å². The highest BCUT2D eigenvalue weighted by atomic mass is 32.2. The lowest BCUT2D eigenvalue weighted by molar-refractivity contribution is 0.846. The van der Waals surface area contributed by atoms with Gasteiger partial charge < -0.3 is 5.73 Å². The fourth-order valence-electron chi connectivity index (χ4n) is 0.677. The molecule has 0 rings (SSSR count). The smallest absolute Gasteiger partial charge is 0.0101 e. The molecule has 0 aromatic carbocycles. The van der Waals surface area contributed by atoms with E-state index in [9.17, 15) is 0 Å². The largest absolute Gasteiger partial charge is 0.327 e. The van der Waals surface area contributed by atoms with Gasteiger partial charge in [-0.25, -0.2) is 0 Å². The summed E-state index contributed by atoms with van der Waals surface area (Å²) in [6.07, 6.45) is 1.33. The molecule has 3 heteroatoms. The molecule has 1 atom stereocenters. The van der Waals surface area contributed by atoms with Crippen molar-refractivity contribution in [2.24, 2.45) is 5.73 Å². The van der Waals surface area contributed by atoms with Gasteiger partial charge in [0.05, 0.1) is 0 Å². The van der Waals surface area contributed by atoms with Crippen molar-refractivity contribution >= 4 is 23.5 Å². The molecule has 1 unspecified atom stereocenters.